The van der Waals surface area contributed by atoms with Crippen molar-refractivity contribution in [2.24, 2.45) is 0 Å². The lowest BCUT2D eigenvalue weighted by molar-refractivity contribution is 0.455. The molecule has 4 nitrogen and oxygen atoms in total. The number of pyridine rings is 1. The number of rotatable bonds is 5. The van der Waals surface area contributed by atoms with Crippen LogP contribution in [0, 0.1) is 5.82 Å². The quantitative estimate of drug-likeness (QED) is 0.355. The Balaban J connectivity index is 1.46. The number of aromatic amines is 1. The van der Waals surface area contributed by atoms with Crippen molar-refractivity contribution < 1.29 is 4.39 Å². The summed E-state index contributed by atoms with van der Waals surface area (Å²) in [5.41, 5.74) is 5.34. The maximum atomic E-state index is 14.9. The number of nitrogens with one attached hydrogen (secondary N) is 3. The van der Waals surface area contributed by atoms with E-state index in [9.17, 15) is 4.39 Å². The van der Waals surface area contributed by atoms with E-state index in [4.69, 9.17) is 11.6 Å². The van der Waals surface area contributed by atoms with Crippen LogP contribution in [0.5, 0.6) is 0 Å². The number of aromatic nitrogens is 2. The second kappa shape index (κ2) is 8.69. The Kier molecular flexibility index (Phi) is 5.62. The smallest absolute Gasteiger partial charge is 0.138 e. The highest BCUT2D eigenvalue weighted by Gasteiger charge is 2.19. The number of nitrogens with zero attached hydrogens (tertiary/aromatic N) is 1. The molecule has 5 rings (SSSR count). The summed E-state index contributed by atoms with van der Waals surface area (Å²) < 4.78 is 14.9. The first-order valence-corrected chi connectivity index (χ1v) is 11.0. The summed E-state index contributed by atoms with van der Waals surface area (Å²) in [6.45, 7) is 2.66. The lowest BCUT2D eigenvalue weighted by Crippen LogP contribution is -2.26. The van der Waals surface area contributed by atoms with Crippen LogP contribution >= 0.6 is 11.6 Å². The van der Waals surface area contributed by atoms with E-state index in [1.807, 2.05) is 36.4 Å². The van der Waals surface area contributed by atoms with Gasteiger partial charge in [0.15, 0.2) is 0 Å². The highest BCUT2D eigenvalue weighted by molar-refractivity contribution is 6.30. The van der Waals surface area contributed by atoms with Gasteiger partial charge >= 0.3 is 0 Å². The largest absolute Gasteiger partial charge is 0.381 e. The van der Waals surface area contributed by atoms with Crippen molar-refractivity contribution >= 4 is 28.3 Å². The summed E-state index contributed by atoms with van der Waals surface area (Å²) in [5.74, 6) is 0.240. The van der Waals surface area contributed by atoms with Crippen LogP contribution in [0.15, 0.2) is 60.8 Å². The third-order valence-corrected chi connectivity index (χ3v) is 6.21. The van der Waals surface area contributed by atoms with Gasteiger partial charge in [0, 0.05) is 46.0 Å². The molecule has 1 fully saturated rings. The Hall–Kier alpha value is -2.89. The molecule has 0 radical (unpaired) electrons. The van der Waals surface area contributed by atoms with Gasteiger partial charge in [-0.3, -0.25) is 0 Å². The molecule has 0 bridgehead atoms. The second-order valence-corrected chi connectivity index (χ2v) is 8.48. The van der Waals surface area contributed by atoms with E-state index in [1.165, 1.54) is 11.8 Å². The summed E-state index contributed by atoms with van der Waals surface area (Å²) in [4.78, 5) is 7.97. The fourth-order valence-electron chi connectivity index (χ4n) is 4.33. The molecule has 0 aliphatic carbocycles. The van der Waals surface area contributed by atoms with Gasteiger partial charge in [-0.1, -0.05) is 23.7 Å². The van der Waals surface area contributed by atoms with Crippen LogP contribution in [-0.4, -0.2) is 23.1 Å². The van der Waals surface area contributed by atoms with Gasteiger partial charge in [-0.2, -0.15) is 0 Å². The fourth-order valence-corrected chi connectivity index (χ4v) is 4.54. The van der Waals surface area contributed by atoms with Gasteiger partial charge in [0.1, 0.15) is 11.5 Å². The number of piperidine rings is 1. The maximum Gasteiger partial charge on any atom is 0.138 e. The number of halogens is 2. The SMILES string of the molecule is Fc1ccc(NCc2cccc(Cl)c2)cc1-c1ccnc2[nH]c(C3CCNCC3)cc12. The van der Waals surface area contributed by atoms with E-state index in [0.29, 0.717) is 23.0 Å². The normalized spacial score (nSPS) is 14.8. The number of hydrogen-bond acceptors (Lipinski definition) is 3. The summed E-state index contributed by atoms with van der Waals surface area (Å²) in [6.07, 6.45) is 3.94. The zero-order valence-electron chi connectivity index (χ0n) is 17.1. The van der Waals surface area contributed by atoms with Crippen LogP contribution in [0.3, 0.4) is 0 Å². The van der Waals surface area contributed by atoms with E-state index in [0.717, 1.165) is 53.8 Å². The van der Waals surface area contributed by atoms with Gasteiger partial charge in [0.05, 0.1) is 0 Å². The number of anilines is 1. The monoisotopic (exact) mass is 434 g/mol. The number of H-pyrrole nitrogens is 1. The molecular formula is C25H24ClFN4. The topological polar surface area (TPSA) is 52.7 Å². The molecule has 3 heterocycles. The second-order valence-electron chi connectivity index (χ2n) is 8.05. The van der Waals surface area contributed by atoms with Crippen LogP contribution in [0.25, 0.3) is 22.2 Å². The van der Waals surface area contributed by atoms with Gasteiger partial charge in [-0.25, -0.2) is 9.37 Å². The zero-order valence-corrected chi connectivity index (χ0v) is 17.8. The van der Waals surface area contributed by atoms with E-state index < -0.39 is 0 Å². The minimum atomic E-state index is -0.245. The standard InChI is InChI=1S/C25H24ClFN4/c26-18-3-1-2-16(12-18)15-30-19-4-5-23(27)21(13-19)20-8-11-29-25-22(20)14-24(31-25)17-6-9-28-10-7-17/h1-5,8,11-14,17,28,30H,6-7,9-10,15H2,(H,29,31). The number of benzene rings is 2. The Morgan fingerprint density at radius 2 is 1.90 bits per heavy atom. The first kappa shape index (κ1) is 20.0. The Labute approximate surface area is 185 Å². The molecule has 3 N–H and O–H groups in total. The number of fused-ring (bicyclic) bond motifs is 1. The Morgan fingerprint density at radius 3 is 2.74 bits per heavy atom. The molecule has 0 spiro atoms. The van der Waals surface area contributed by atoms with Crippen molar-refractivity contribution in [1.82, 2.24) is 15.3 Å². The van der Waals surface area contributed by atoms with Crippen LogP contribution in [0.4, 0.5) is 10.1 Å². The first-order valence-electron chi connectivity index (χ1n) is 10.6. The summed E-state index contributed by atoms with van der Waals surface area (Å²) >= 11 is 6.08. The molecule has 1 aliphatic rings. The van der Waals surface area contributed by atoms with Crippen molar-refractivity contribution in [2.45, 2.75) is 25.3 Å². The highest BCUT2D eigenvalue weighted by atomic mass is 35.5. The highest BCUT2D eigenvalue weighted by Crippen LogP contribution is 2.34. The van der Waals surface area contributed by atoms with Crippen molar-refractivity contribution in [3.8, 4) is 11.1 Å². The van der Waals surface area contributed by atoms with Crippen LogP contribution in [0.2, 0.25) is 5.02 Å². The molecule has 0 unspecified atom stereocenters. The van der Waals surface area contributed by atoms with E-state index >= 15 is 0 Å². The summed E-state index contributed by atoms with van der Waals surface area (Å²) in [5, 5.41) is 8.44. The van der Waals surface area contributed by atoms with E-state index in [2.05, 4.69) is 26.7 Å². The van der Waals surface area contributed by atoms with Gasteiger partial charge in [-0.05, 0) is 79.5 Å². The molecule has 1 saturated heterocycles. The third-order valence-electron chi connectivity index (χ3n) is 5.97. The minimum Gasteiger partial charge on any atom is -0.381 e. The van der Waals surface area contributed by atoms with Crippen molar-refractivity contribution in [2.75, 3.05) is 18.4 Å². The lowest BCUT2D eigenvalue weighted by atomic mass is 9.94. The van der Waals surface area contributed by atoms with E-state index in [1.54, 1.807) is 12.3 Å². The average Bonchev–Trinajstić information content (AvgIpc) is 3.24. The summed E-state index contributed by atoms with van der Waals surface area (Å²) in [7, 11) is 0. The number of hydrogen-bond donors (Lipinski definition) is 3. The molecule has 6 heteroatoms. The molecule has 2 aromatic carbocycles. The van der Waals surface area contributed by atoms with E-state index in [-0.39, 0.29) is 5.82 Å². The predicted octanol–water partition coefficient (Wildman–Crippen LogP) is 6.10. The molecule has 0 saturated carbocycles. The molecule has 31 heavy (non-hydrogen) atoms. The van der Waals surface area contributed by atoms with Crippen molar-refractivity contribution in [3.05, 3.63) is 82.9 Å². The van der Waals surface area contributed by atoms with Crippen LogP contribution in [0.1, 0.15) is 30.0 Å². The average molecular weight is 435 g/mol. The molecular weight excluding hydrogens is 411 g/mol. The van der Waals surface area contributed by atoms with Crippen LogP contribution < -0.4 is 10.6 Å². The Morgan fingerprint density at radius 1 is 1.03 bits per heavy atom. The van der Waals surface area contributed by atoms with Gasteiger partial charge in [-0.15, -0.1) is 0 Å². The minimum absolute atomic E-state index is 0.245. The molecule has 0 amide bonds. The zero-order chi connectivity index (χ0) is 21.2. The van der Waals surface area contributed by atoms with Crippen molar-refractivity contribution in [1.29, 1.82) is 0 Å². The van der Waals surface area contributed by atoms with Crippen LogP contribution in [-0.2, 0) is 6.54 Å². The van der Waals surface area contributed by atoms with Gasteiger partial charge in [0.25, 0.3) is 0 Å². The fraction of sp³-hybridized carbons (Fsp3) is 0.240. The van der Waals surface area contributed by atoms with Crippen molar-refractivity contribution in [3.63, 3.8) is 0 Å². The van der Waals surface area contributed by atoms with Gasteiger partial charge in [0.2, 0.25) is 0 Å². The molecule has 2 aromatic heterocycles. The first-order chi connectivity index (χ1) is 15.2. The third kappa shape index (κ3) is 4.29. The maximum absolute atomic E-state index is 14.9. The molecule has 4 aromatic rings. The lowest BCUT2D eigenvalue weighted by Gasteiger charge is -2.21. The molecule has 1 aliphatic heterocycles. The molecule has 0 atom stereocenters. The summed E-state index contributed by atoms with van der Waals surface area (Å²) in [6, 6.07) is 16.9. The predicted molar refractivity (Wildman–Crippen MR) is 125 cm³/mol. The molecule has 158 valence electrons. The van der Waals surface area contributed by atoms with Gasteiger partial charge < -0.3 is 15.6 Å². The Bertz CT molecular complexity index is 1210.